The van der Waals surface area contributed by atoms with Gasteiger partial charge in [-0.2, -0.15) is 0 Å². The van der Waals surface area contributed by atoms with Crippen LogP contribution in [-0.2, 0) is 4.74 Å². The number of hydrogen-bond donors (Lipinski definition) is 2. The molecule has 2 rings (SSSR count). The molecule has 1 aromatic heterocycles. The SMILES string of the molecule is CC1(CNc2cnc[nH]2)CCOCC1. The van der Waals surface area contributed by atoms with Gasteiger partial charge in [-0.05, 0) is 18.3 Å². The zero-order valence-corrected chi connectivity index (χ0v) is 8.55. The van der Waals surface area contributed by atoms with Gasteiger partial charge >= 0.3 is 0 Å². The molecule has 0 amide bonds. The van der Waals surface area contributed by atoms with Crippen molar-refractivity contribution in [2.24, 2.45) is 5.41 Å². The van der Waals surface area contributed by atoms with Crippen molar-refractivity contribution in [3.8, 4) is 0 Å². The van der Waals surface area contributed by atoms with Gasteiger partial charge in [0.1, 0.15) is 5.82 Å². The van der Waals surface area contributed by atoms with Crippen molar-refractivity contribution in [2.45, 2.75) is 19.8 Å². The quantitative estimate of drug-likeness (QED) is 0.770. The average molecular weight is 195 g/mol. The lowest BCUT2D eigenvalue weighted by Gasteiger charge is -2.33. The summed E-state index contributed by atoms with van der Waals surface area (Å²) in [4.78, 5) is 7.01. The molecule has 0 unspecified atom stereocenters. The Bertz CT molecular complexity index is 265. The van der Waals surface area contributed by atoms with Crippen molar-refractivity contribution in [3.05, 3.63) is 12.5 Å². The number of H-pyrrole nitrogens is 1. The monoisotopic (exact) mass is 195 g/mol. The van der Waals surface area contributed by atoms with Gasteiger partial charge in [-0.3, -0.25) is 0 Å². The summed E-state index contributed by atoms with van der Waals surface area (Å²) in [6, 6.07) is 0. The third-order valence-corrected chi connectivity index (χ3v) is 2.90. The van der Waals surface area contributed by atoms with Crippen LogP contribution in [0.3, 0.4) is 0 Å². The van der Waals surface area contributed by atoms with E-state index in [1.807, 2.05) is 6.20 Å². The molecule has 0 saturated carbocycles. The van der Waals surface area contributed by atoms with Crippen LogP contribution < -0.4 is 5.32 Å². The molecule has 0 atom stereocenters. The third-order valence-electron chi connectivity index (χ3n) is 2.90. The van der Waals surface area contributed by atoms with Gasteiger partial charge < -0.3 is 15.0 Å². The summed E-state index contributed by atoms with van der Waals surface area (Å²) in [6.45, 7) is 5.07. The molecule has 1 saturated heterocycles. The van der Waals surface area contributed by atoms with Crippen LogP contribution in [0.2, 0.25) is 0 Å². The molecular formula is C10H17N3O. The van der Waals surface area contributed by atoms with Crippen molar-refractivity contribution < 1.29 is 4.74 Å². The van der Waals surface area contributed by atoms with Crippen molar-refractivity contribution in [2.75, 3.05) is 25.1 Å². The van der Waals surface area contributed by atoms with E-state index in [0.717, 1.165) is 38.4 Å². The van der Waals surface area contributed by atoms with Crippen LogP contribution in [0.25, 0.3) is 0 Å². The topological polar surface area (TPSA) is 49.9 Å². The second kappa shape index (κ2) is 4.00. The van der Waals surface area contributed by atoms with Crippen LogP contribution in [0.1, 0.15) is 19.8 Å². The highest BCUT2D eigenvalue weighted by atomic mass is 16.5. The Balaban J connectivity index is 1.84. The lowest BCUT2D eigenvalue weighted by atomic mass is 9.82. The zero-order valence-electron chi connectivity index (χ0n) is 8.55. The van der Waals surface area contributed by atoms with E-state index in [9.17, 15) is 0 Å². The first-order chi connectivity index (χ1) is 6.79. The molecule has 0 radical (unpaired) electrons. The van der Waals surface area contributed by atoms with E-state index in [0.29, 0.717) is 5.41 Å². The van der Waals surface area contributed by atoms with Crippen LogP contribution in [0.4, 0.5) is 5.82 Å². The molecule has 2 N–H and O–H groups in total. The zero-order chi connectivity index (χ0) is 9.86. The second-order valence-electron chi connectivity index (χ2n) is 4.24. The lowest BCUT2D eigenvalue weighted by molar-refractivity contribution is 0.0300. The fraction of sp³-hybridized carbons (Fsp3) is 0.700. The Labute approximate surface area is 84.1 Å². The fourth-order valence-electron chi connectivity index (χ4n) is 1.70. The van der Waals surface area contributed by atoms with Gasteiger partial charge in [0.05, 0.1) is 12.5 Å². The van der Waals surface area contributed by atoms with Crippen molar-refractivity contribution >= 4 is 5.82 Å². The summed E-state index contributed by atoms with van der Waals surface area (Å²) in [5, 5.41) is 3.36. The first-order valence-electron chi connectivity index (χ1n) is 5.09. The van der Waals surface area contributed by atoms with Crippen LogP contribution in [0.5, 0.6) is 0 Å². The molecule has 1 aromatic rings. The number of hydrogen-bond acceptors (Lipinski definition) is 3. The number of aromatic nitrogens is 2. The first kappa shape index (κ1) is 9.52. The molecule has 4 nitrogen and oxygen atoms in total. The van der Waals surface area contributed by atoms with Gasteiger partial charge in [0.15, 0.2) is 0 Å². The number of nitrogens with zero attached hydrogens (tertiary/aromatic N) is 1. The largest absolute Gasteiger partial charge is 0.381 e. The van der Waals surface area contributed by atoms with Gasteiger partial charge in [0, 0.05) is 19.8 Å². The van der Waals surface area contributed by atoms with E-state index < -0.39 is 0 Å². The first-order valence-corrected chi connectivity index (χ1v) is 5.09. The Morgan fingerprint density at radius 3 is 3.00 bits per heavy atom. The summed E-state index contributed by atoms with van der Waals surface area (Å²) in [5.74, 6) is 0.998. The molecular weight excluding hydrogens is 178 g/mol. The molecule has 2 heterocycles. The summed E-state index contributed by atoms with van der Waals surface area (Å²) < 4.78 is 5.35. The molecule has 1 aliphatic heterocycles. The van der Waals surface area contributed by atoms with E-state index in [1.54, 1.807) is 6.33 Å². The predicted molar refractivity (Wildman–Crippen MR) is 55.2 cm³/mol. The number of rotatable bonds is 3. The second-order valence-corrected chi connectivity index (χ2v) is 4.24. The summed E-state index contributed by atoms with van der Waals surface area (Å²) in [7, 11) is 0. The van der Waals surface area contributed by atoms with Crippen LogP contribution in [0, 0.1) is 5.41 Å². The molecule has 1 aliphatic rings. The van der Waals surface area contributed by atoms with E-state index in [4.69, 9.17) is 4.74 Å². The maximum absolute atomic E-state index is 5.35. The van der Waals surface area contributed by atoms with Crippen LogP contribution in [-0.4, -0.2) is 29.7 Å². The number of anilines is 1. The summed E-state index contributed by atoms with van der Waals surface area (Å²) in [6.07, 6.45) is 5.76. The maximum atomic E-state index is 5.35. The van der Waals surface area contributed by atoms with Crippen molar-refractivity contribution in [1.82, 2.24) is 9.97 Å². The normalized spacial score (nSPS) is 20.6. The molecule has 0 bridgehead atoms. The Morgan fingerprint density at radius 1 is 1.57 bits per heavy atom. The standard InChI is InChI=1S/C10H17N3O/c1-10(2-4-14-5-3-10)7-12-9-6-11-8-13-9/h6,8,12H,2-5,7H2,1H3,(H,11,13). The molecule has 1 fully saturated rings. The molecule has 78 valence electrons. The minimum Gasteiger partial charge on any atom is -0.381 e. The highest BCUT2D eigenvalue weighted by Crippen LogP contribution is 2.29. The number of imidazole rings is 1. The fourth-order valence-corrected chi connectivity index (χ4v) is 1.70. The highest BCUT2D eigenvalue weighted by Gasteiger charge is 2.26. The third kappa shape index (κ3) is 2.26. The molecule has 14 heavy (non-hydrogen) atoms. The average Bonchev–Trinajstić information content (AvgIpc) is 2.69. The van der Waals surface area contributed by atoms with E-state index >= 15 is 0 Å². The lowest BCUT2D eigenvalue weighted by Crippen LogP contribution is -2.33. The van der Waals surface area contributed by atoms with Gasteiger partial charge in [-0.15, -0.1) is 0 Å². The Hall–Kier alpha value is -1.03. The summed E-state index contributed by atoms with van der Waals surface area (Å²) in [5.41, 5.74) is 0.364. The van der Waals surface area contributed by atoms with Crippen LogP contribution in [0.15, 0.2) is 12.5 Å². The smallest absolute Gasteiger partial charge is 0.123 e. The Morgan fingerprint density at radius 2 is 2.36 bits per heavy atom. The minimum atomic E-state index is 0.364. The van der Waals surface area contributed by atoms with Crippen molar-refractivity contribution in [1.29, 1.82) is 0 Å². The molecule has 0 aromatic carbocycles. The van der Waals surface area contributed by atoms with E-state index in [-0.39, 0.29) is 0 Å². The summed E-state index contributed by atoms with van der Waals surface area (Å²) >= 11 is 0. The van der Waals surface area contributed by atoms with Crippen LogP contribution >= 0.6 is 0 Å². The molecule has 4 heteroatoms. The van der Waals surface area contributed by atoms with Gasteiger partial charge in [-0.1, -0.05) is 6.92 Å². The van der Waals surface area contributed by atoms with Crippen molar-refractivity contribution in [3.63, 3.8) is 0 Å². The predicted octanol–water partition coefficient (Wildman–Crippen LogP) is 1.64. The maximum Gasteiger partial charge on any atom is 0.123 e. The number of ether oxygens (including phenoxy) is 1. The number of nitrogens with one attached hydrogen (secondary N) is 2. The van der Waals surface area contributed by atoms with E-state index in [2.05, 4.69) is 22.2 Å². The Kier molecular flexibility index (Phi) is 2.72. The number of aromatic amines is 1. The van der Waals surface area contributed by atoms with Gasteiger partial charge in [-0.25, -0.2) is 4.98 Å². The van der Waals surface area contributed by atoms with Gasteiger partial charge in [0.2, 0.25) is 0 Å². The highest BCUT2D eigenvalue weighted by molar-refractivity contribution is 5.30. The van der Waals surface area contributed by atoms with E-state index in [1.165, 1.54) is 0 Å². The van der Waals surface area contributed by atoms with Gasteiger partial charge in [0.25, 0.3) is 0 Å². The minimum absolute atomic E-state index is 0.364. The molecule has 0 aliphatic carbocycles. The molecule has 0 spiro atoms.